The van der Waals surface area contributed by atoms with Crippen LogP contribution in [0.25, 0.3) is 22.5 Å². The molecule has 1 aliphatic carbocycles. The normalized spacial score (nSPS) is 10.8. The standard InChI is InChI=1S/C14H12N4O5/c19-11-6-8-3-5-23-14(22-4-1-2-12(20)21)9(8)7-10(11)13-15-17-18-16-13/h3,5-7H,1-2,4H2,(H,20,21)(H,15,16,17,18). The molecular weight excluding hydrogens is 304 g/mol. The van der Waals surface area contributed by atoms with Crippen LogP contribution in [0.3, 0.4) is 0 Å². The van der Waals surface area contributed by atoms with Gasteiger partial charge in [-0.2, -0.15) is 5.21 Å². The number of carboxylic acid groups (broad SMARTS) is 1. The van der Waals surface area contributed by atoms with E-state index in [9.17, 15) is 9.59 Å². The maximum absolute atomic E-state index is 12.1. The fraction of sp³-hybridized carbons (Fsp3) is 0.214. The number of fused-ring (bicyclic) bond motifs is 1. The van der Waals surface area contributed by atoms with Gasteiger partial charge in [-0.15, -0.1) is 10.2 Å². The molecule has 0 radical (unpaired) electrons. The van der Waals surface area contributed by atoms with Crippen molar-refractivity contribution in [2.24, 2.45) is 0 Å². The minimum absolute atomic E-state index is 0.00356. The number of nitrogens with zero attached hydrogens (tertiary/aromatic N) is 3. The molecule has 0 saturated carbocycles. The topological polar surface area (TPSA) is 131 Å². The van der Waals surface area contributed by atoms with Gasteiger partial charge in [-0.25, -0.2) is 0 Å². The predicted molar refractivity (Wildman–Crippen MR) is 77.1 cm³/mol. The summed E-state index contributed by atoms with van der Waals surface area (Å²) in [5.41, 5.74) is 1.23. The van der Waals surface area contributed by atoms with E-state index >= 15 is 0 Å². The first-order valence-electron chi connectivity index (χ1n) is 6.79. The minimum Gasteiger partial charge on any atom is -0.481 e. The highest BCUT2D eigenvalue weighted by Crippen LogP contribution is 2.32. The zero-order chi connectivity index (χ0) is 16.2. The zero-order valence-electron chi connectivity index (χ0n) is 11.9. The van der Waals surface area contributed by atoms with E-state index in [1.165, 1.54) is 12.3 Å². The minimum atomic E-state index is -0.890. The number of aromatic amines is 1. The lowest BCUT2D eigenvalue weighted by atomic mass is 10.0. The largest absolute Gasteiger partial charge is 0.481 e. The molecule has 0 atom stereocenters. The fourth-order valence-electron chi connectivity index (χ4n) is 2.09. The van der Waals surface area contributed by atoms with Crippen molar-refractivity contribution >= 4 is 5.97 Å². The van der Waals surface area contributed by atoms with E-state index in [1.807, 2.05) is 0 Å². The van der Waals surface area contributed by atoms with Gasteiger partial charge in [0.05, 0.1) is 24.0 Å². The lowest BCUT2D eigenvalue weighted by Crippen LogP contribution is -2.08. The van der Waals surface area contributed by atoms with Gasteiger partial charge in [0.25, 0.3) is 5.95 Å². The molecule has 0 bridgehead atoms. The van der Waals surface area contributed by atoms with Gasteiger partial charge in [0.1, 0.15) is 0 Å². The van der Waals surface area contributed by atoms with Crippen molar-refractivity contribution in [1.82, 2.24) is 20.6 Å². The number of aromatic nitrogens is 4. The van der Waals surface area contributed by atoms with Crippen molar-refractivity contribution in [3.8, 4) is 28.5 Å². The molecule has 0 spiro atoms. The average Bonchev–Trinajstić information content (AvgIpc) is 3.04. The fourth-order valence-corrected chi connectivity index (χ4v) is 2.09. The Hall–Kier alpha value is -3.23. The molecule has 2 heterocycles. The van der Waals surface area contributed by atoms with Crippen LogP contribution in [0.4, 0.5) is 0 Å². The highest BCUT2D eigenvalue weighted by molar-refractivity contribution is 5.75. The lowest BCUT2D eigenvalue weighted by molar-refractivity contribution is -0.137. The third-order valence-corrected chi connectivity index (χ3v) is 3.15. The van der Waals surface area contributed by atoms with Crippen LogP contribution in [0.2, 0.25) is 0 Å². The summed E-state index contributed by atoms with van der Waals surface area (Å²) < 4.78 is 10.8. The number of carboxylic acids is 1. The van der Waals surface area contributed by atoms with Gasteiger partial charge < -0.3 is 14.3 Å². The number of rotatable bonds is 6. The second-order valence-corrected chi connectivity index (χ2v) is 4.72. The first-order valence-corrected chi connectivity index (χ1v) is 6.79. The summed E-state index contributed by atoms with van der Waals surface area (Å²) in [4.78, 5) is 22.6. The maximum atomic E-state index is 12.1. The number of benzene rings is 1. The summed E-state index contributed by atoms with van der Waals surface area (Å²) in [6, 6.07) is 4.64. The number of tetrazole rings is 1. The number of hydrogen-bond acceptors (Lipinski definition) is 7. The Bertz CT molecular complexity index is 843. The molecule has 9 heteroatoms. The molecule has 2 aliphatic rings. The molecule has 0 amide bonds. The van der Waals surface area contributed by atoms with Gasteiger partial charge >= 0.3 is 5.97 Å². The molecule has 0 saturated heterocycles. The molecule has 2 N–H and O–H groups in total. The summed E-state index contributed by atoms with van der Waals surface area (Å²) >= 11 is 0. The third kappa shape index (κ3) is 3.18. The molecule has 118 valence electrons. The molecule has 1 aromatic rings. The van der Waals surface area contributed by atoms with E-state index in [0.717, 1.165) is 0 Å². The molecule has 1 aromatic heterocycles. The Morgan fingerprint density at radius 2 is 2.22 bits per heavy atom. The van der Waals surface area contributed by atoms with Crippen molar-refractivity contribution in [2.75, 3.05) is 6.61 Å². The van der Waals surface area contributed by atoms with Gasteiger partial charge in [0.15, 0.2) is 5.43 Å². The Morgan fingerprint density at radius 1 is 1.35 bits per heavy atom. The lowest BCUT2D eigenvalue weighted by Gasteiger charge is -2.11. The van der Waals surface area contributed by atoms with Crippen LogP contribution in [-0.2, 0) is 4.79 Å². The van der Waals surface area contributed by atoms with Gasteiger partial charge in [-0.3, -0.25) is 9.59 Å². The first kappa shape index (κ1) is 14.7. The summed E-state index contributed by atoms with van der Waals surface area (Å²) in [6.07, 6.45) is 1.75. The molecule has 23 heavy (non-hydrogen) atoms. The molecule has 3 rings (SSSR count). The molecule has 9 nitrogen and oxygen atoms in total. The van der Waals surface area contributed by atoms with Crippen LogP contribution in [0.5, 0.6) is 5.95 Å². The maximum Gasteiger partial charge on any atom is 0.303 e. The van der Waals surface area contributed by atoms with Crippen LogP contribution < -0.4 is 10.2 Å². The van der Waals surface area contributed by atoms with Gasteiger partial charge in [-0.05, 0) is 35.4 Å². The van der Waals surface area contributed by atoms with E-state index in [2.05, 4.69) is 20.6 Å². The Labute approximate surface area is 129 Å². The Morgan fingerprint density at radius 3 is 2.96 bits per heavy atom. The average molecular weight is 316 g/mol. The highest BCUT2D eigenvalue weighted by Gasteiger charge is 2.17. The number of nitrogens with one attached hydrogen (secondary N) is 1. The van der Waals surface area contributed by atoms with Crippen LogP contribution >= 0.6 is 0 Å². The van der Waals surface area contributed by atoms with Crippen molar-refractivity contribution < 1.29 is 19.1 Å². The predicted octanol–water partition coefficient (Wildman–Crippen LogP) is 1.17. The zero-order valence-corrected chi connectivity index (χ0v) is 11.9. The van der Waals surface area contributed by atoms with E-state index < -0.39 is 5.97 Å². The van der Waals surface area contributed by atoms with E-state index in [4.69, 9.17) is 14.3 Å². The quantitative estimate of drug-likeness (QED) is 0.648. The highest BCUT2D eigenvalue weighted by atomic mass is 16.6. The Balaban J connectivity index is 1.92. The second kappa shape index (κ2) is 6.26. The van der Waals surface area contributed by atoms with Crippen LogP contribution in [0, 0.1) is 0 Å². The summed E-state index contributed by atoms with van der Waals surface area (Å²) in [5.74, 6) is -0.505. The first-order chi connectivity index (χ1) is 11.1. The van der Waals surface area contributed by atoms with Crippen molar-refractivity contribution in [3.05, 3.63) is 34.7 Å². The number of carbonyl (C=O) groups is 1. The number of aliphatic carboxylic acids is 1. The summed E-state index contributed by atoms with van der Waals surface area (Å²) in [5, 5.41) is 21.9. The Kier molecular flexibility index (Phi) is 4.00. The number of hydrogen-bond donors (Lipinski definition) is 2. The van der Waals surface area contributed by atoms with Crippen molar-refractivity contribution in [3.63, 3.8) is 0 Å². The smallest absolute Gasteiger partial charge is 0.303 e. The van der Waals surface area contributed by atoms with Crippen molar-refractivity contribution in [1.29, 1.82) is 0 Å². The van der Waals surface area contributed by atoms with E-state index in [1.54, 1.807) is 12.1 Å². The summed E-state index contributed by atoms with van der Waals surface area (Å²) in [6.45, 7) is 0.186. The van der Waals surface area contributed by atoms with Gasteiger partial charge in [0.2, 0.25) is 5.82 Å². The summed E-state index contributed by atoms with van der Waals surface area (Å²) in [7, 11) is 0. The van der Waals surface area contributed by atoms with Crippen LogP contribution in [-0.4, -0.2) is 38.3 Å². The van der Waals surface area contributed by atoms with Crippen LogP contribution in [0.15, 0.2) is 33.7 Å². The van der Waals surface area contributed by atoms with E-state index in [-0.39, 0.29) is 35.8 Å². The van der Waals surface area contributed by atoms with Crippen LogP contribution in [0.1, 0.15) is 12.8 Å². The van der Waals surface area contributed by atoms with Gasteiger partial charge in [-0.1, -0.05) is 0 Å². The molecule has 0 unspecified atom stereocenters. The molecule has 1 aliphatic heterocycles. The number of ether oxygens (including phenoxy) is 1. The molecule has 0 fully saturated rings. The molecule has 0 aromatic carbocycles. The molecular formula is C14H12N4O5. The monoisotopic (exact) mass is 316 g/mol. The van der Waals surface area contributed by atoms with Crippen molar-refractivity contribution in [2.45, 2.75) is 12.8 Å². The van der Waals surface area contributed by atoms with E-state index in [0.29, 0.717) is 17.5 Å². The second-order valence-electron chi connectivity index (χ2n) is 4.72. The SMILES string of the molecule is O=C(O)CCCOc1occc2cc(=O)c(-c3nn[nH]n3)cc1-2. The number of H-pyrrole nitrogens is 1. The third-order valence-electron chi connectivity index (χ3n) is 3.15. The van der Waals surface area contributed by atoms with Gasteiger partial charge in [0, 0.05) is 6.42 Å².